The van der Waals surface area contributed by atoms with Gasteiger partial charge in [-0.25, -0.2) is 9.97 Å². The molecule has 0 N–H and O–H groups in total. The van der Waals surface area contributed by atoms with E-state index in [9.17, 15) is 0 Å². The van der Waals surface area contributed by atoms with Crippen LogP contribution in [-0.2, 0) is 0 Å². The monoisotopic (exact) mass is 284 g/mol. The van der Waals surface area contributed by atoms with E-state index in [4.69, 9.17) is 0 Å². The van der Waals surface area contributed by atoms with Crippen LogP contribution >= 0.6 is 0 Å². The van der Waals surface area contributed by atoms with Gasteiger partial charge in [-0.3, -0.25) is 0 Å². The Morgan fingerprint density at radius 2 is 1.41 bits per heavy atom. The lowest BCUT2D eigenvalue weighted by Gasteiger charge is -2.09. The van der Waals surface area contributed by atoms with Crippen LogP contribution in [-0.4, -0.2) is 9.97 Å². The zero-order chi connectivity index (χ0) is 15.1. The molecular formula is C20H16N2. The van der Waals surface area contributed by atoms with Crippen molar-refractivity contribution in [1.29, 1.82) is 0 Å². The molecular weight excluding hydrogens is 268 g/mol. The van der Waals surface area contributed by atoms with Crippen molar-refractivity contribution >= 4 is 21.7 Å². The van der Waals surface area contributed by atoms with E-state index in [0.717, 1.165) is 22.2 Å². The van der Waals surface area contributed by atoms with E-state index >= 15 is 0 Å². The average Bonchev–Trinajstić information content (AvgIpc) is 2.51. The van der Waals surface area contributed by atoms with Crippen molar-refractivity contribution in [2.45, 2.75) is 13.8 Å². The van der Waals surface area contributed by atoms with Gasteiger partial charge in [0.15, 0.2) is 0 Å². The molecule has 3 aromatic carbocycles. The summed E-state index contributed by atoms with van der Waals surface area (Å²) in [6.45, 7) is 4.24. The number of hydrogen-bond donors (Lipinski definition) is 0. The van der Waals surface area contributed by atoms with Gasteiger partial charge in [0.05, 0.1) is 11.2 Å². The summed E-state index contributed by atoms with van der Waals surface area (Å²) >= 11 is 0. The Hall–Kier alpha value is -2.74. The van der Waals surface area contributed by atoms with Gasteiger partial charge in [-0.1, -0.05) is 41.5 Å². The van der Waals surface area contributed by atoms with Crippen LogP contribution in [0.15, 0.2) is 60.9 Å². The van der Waals surface area contributed by atoms with Gasteiger partial charge in [0, 0.05) is 10.9 Å². The van der Waals surface area contributed by atoms with Gasteiger partial charge in [-0.05, 0) is 48.9 Å². The summed E-state index contributed by atoms with van der Waals surface area (Å²) in [6, 6.07) is 19.3. The SMILES string of the molecule is Cc1cc(C)cc(-c2ncnc3cc4ccccc4cc23)c1. The predicted octanol–water partition coefficient (Wildman–Crippen LogP) is 5.07. The predicted molar refractivity (Wildman–Crippen MR) is 92.0 cm³/mol. The maximum Gasteiger partial charge on any atom is 0.116 e. The molecule has 0 unspecified atom stereocenters. The fourth-order valence-electron chi connectivity index (χ4n) is 3.08. The molecule has 2 heteroatoms. The van der Waals surface area contributed by atoms with E-state index < -0.39 is 0 Å². The highest BCUT2D eigenvalue weighted by molar-refractivity contribution is 6.02. The molecule has 0 fully saturated rings. The number of aromatic nitrogens is 2. The molecule has 1 aromatic heterocycles. The molecule has 0 radical (unpaired) electrons. The molecule has 4 rings (SSSR count). The summed E-state index contributed by atoms with van der Waals surface area (Å²) in [5, 5.41) is 3.53. The summed E-state index contributed by atoms with van der Waals surface area (Å²) < 4.78 is 0. The molecule has 0 saturated carbocycles. The first-order valence-corrected chi connectivity index (χ1v) is 7.43. The highest BCUT2D eigenvalue weighted by atomic mass is 14.8. The summed E-state index contributed by atoms with van der Waals surface area (Å²) in [5.41, 5.74) is 5.65. The molecule has 22 heavy (non-hydrogen) atoms. The van der Waals surface area contributed by atoms with Crippen molar-refractivity contribution in [1.82, 2.24) is 9.97 Å². The average molecular weight is 284 g/mol. The Morgan fingerprint density at radius 3 is 2.14 bits per heavy atom. The molecule has 0 aliphatic heterocycles. The molecule has 0 amide bonds. The minimum Gasteiger partial charge on any atom is -0.236 e. The molecule has 0 aliphatic carbocycles. The fraction of sp³-hybridized carbons (Fsp3) is 0.100. The molecule has 0 bridgehead atoms. The Balaban J connectivity index is 2.07. The number of hydrogen-bond acceptors (Lipinski definition) is 2. The minimum absolute atomic E-state index is 0.989. The van der Waals surface area contributed by atoms with Gasteiger partial charge >= 0.3 is 0 Å². The lowest BCUT2D eigenvalue weighted by atomic mass is 10.00. The summed E-state index contributed by atoms with van der Waals surface area (Å²) in [5.74, 6) is 0. The fourth-order valence-corrected chi connectivity index (χ4v) is 3.08. The van der Waals surface area contributed by atoms with Gasteiger partial charge in [0.1, 0.15) is 6.33 Å². The van der Waals surface area contributed by atoms with E-state index in [-0.39, 0.29) is 0 Å². The van der Waals surface area contributed by atoms with Gasteiger partial charge in [0.2, 0.25) is 0 Å². The highest BCUT2D eigenvalue weighted by Crippen LogP contribution is 2.29. The quantitative estimate of drug-likeness (QED) is 0.456. The summed E-state index contributed by atoms with van der Waals surface area (Å²) in [7, 11) is 0. The number of benzene rings is 3. The van der Waals surface area contributed by atoms with Crippen molar-refractivity contribution in [3.8, 4) is 11.3 Å². The van der Waals surface area contributed by atoms with Crippen LogP contribution < -0.4 is 0 Å². The third-order valence-electron chi connectivity index (χ3n) is 4.00. The number of nitrogens with zero attached hydrogens (tertiary/aromatic N) is 2. The largest absolute Gasteiger partial charge is 0.236 e. The Kier molecular flexibility index (Phi) is 2.90. The van der Waals surface area contributed by atoms with Gasteiger partial charge in [-0.2, -0.15) is 0 Å². The zero-order valence-electron chi connectivity index (χ0n) is 12.7. The van der Waals surface area contributed by atoms with E-state index in [1.807, 2.05) is 0 Å². The lowest BCUT2D eigenvalue weighted by Crippen LogP contribution is -1.91. The Bertz CT molecular complexity index is 983. The molecule has 0 spiro atoms. The summed E-state index contributed by atoms with van der Waals surface area (Å²) in [6.07, 6.45) is 1.66. The molecule has 2 nitrogen and oxygen atoms in total. The van der Waals surface area contributed by atoms with Crippen LogP contribution in [0.2, 0.25) is 0 Å². The molecule has 0 saturated heterocycles. The zero-order valence-corrected chi connectivity index (χ0v) is 12.7. The van der Waals surface area contributed by atoms with Crippen LogP contribution in [0.1, 0.15) is 11.1 Å². The molecule has 1 heterocycles. The third kappa shape index (κ3) is 2.13. The van der Waals surface area contributed by atoms with E-state index in [1.54, 1.807) is 6.33 Å². The highest BCUT2D eigenvalue weighted by Gasteiger charge is 2.08. The van der Waals surface area contributed by atoms with Gasteiger partial charge < -0.3 is 0 Å². The number of aryl methyl sites for hydroxylation is 2. The molecule has 4 aromatic rings. The van der Waals surface area contributed by atoms with Crippen molar-refractivity contribution in [2.75, 3.05) is 0 Å². The Labute approximate surface area is 129 Å². The van der Waals surface area contributed by atoms with Gasteiger partial charge in [0.25, 0.3) is 0 Å². The van der Waals surface area contributed by atoms with Crippen LogP contribution in [0, 0.1) is 13.8 Å². The molecule has 0 atom stereocenters. The number of fused-ring (bicyclic) bond motifs is 2. The van der Waals surface area contributed by atoms with E-state index in [2.05, 4.69) is 78.4 Å². The first-order chi connectivity index (χ1) is 10.7. The second-order valence-electron chi connectivity index (χ2n) is 5.82. The lowest BCUT2D eigenvalue weighted by molar-refractivity contribution is 1.22. The van der Waals surface area contributed by atoms with Crippen LogP contribution in [0.25, 0.3) is 32.9 Å². The summed E-state index contributed by atoms with van der Waals surface area (Å²) in [4.78, 5) is 9.01. The first kappa shape index (κ1) is 13.0. The third-order valence-corrected chi connectivity index (χ3v) is 4.00. The van der Waals surface area contributed by atoms with Crippen LogP contribution in [0.4, 0.5) is 0 Å². The van der Waals surface area contributed by atoms with Crippen molar-refractivity contribution in [3.05, 3.63) is 72.1 Å². The van der Waals surface area contributed by atoms with Crippen LogP contribution in [0.3, 0.4) is 0 Å². The second kappa shape index (κ2) is 4.92. The topological polar surface area (TPSA) is 25.8 Å². The smallest absolute Gasteiger partial charge is 0.116 e. The molecule has 0 aliphatic rings. The number of rotatable bonds is 1. The van der Waals surface area contributed by atoms with E-state index in [1.165, 1.54) is 21.9 Å². The maximum atomic E-state index is 4.56. The van der Waals surface area contributed by atoms with Gasteiger partial charge in [-0.15, -0.1) is 0 Å². The standard InChI is InChI=1S/C20H16N2/c1-13-7-14(2)9-17(8-13)20-18-10-15-5-3-4-6-16(15)11-19(18)21-12-22-20/h3-12H,1-2H3. The molecule has 106 valence electrons. The first-order valence-electron chi connectivity index (χ1n) is 7.43. The minimum atomic E-state index is 0.989. The second-order valence-corrected chi connectivity index (χ2v) is 5.82. The van der Waals surface area contributed by atoms with Crippen molar-refractivity contribution < 1.29 is 0 Å². The van der Waals surface area contributed by atoms with Crippen LogP contribution in [0.5, 0.6) is 0 Å². The Morgan fingerprint density at radius 1 is 0.727 bits per heavy atom. The van der Waals surface area contributed by atoms with Crippen molar-refractivity contribution in [3.63, 3.8) is 0 Å². The van der Waals surface area contributed by atoms with Crippen molar-refractivity contribution in [2.24, 2.45) is 0 Å². The normalized spacial score (nSPS) is 11.2. The van der Waals surface area contributed by atoms with E-state index in [0.29, 0.717) is 0 Å². The maximum absolute atomic E-state index is 4.56.